The quantitative estimate of drug-likeness (QED) is 0.607. The fraction of sp³-hybridized carbons (Fsp3) is 1.00. The minimum atomic E-state index is 0.341. The second-order valence-corrected chi connectivity index (χ2v) is 5.03. The van der Waals surface area contributed by atoms with Gasteiger partial charge in [0.05, 0.1) is 6.10 Å². The molecule has 1 nitrogen and oxygen atoms in total. The standard InChI is InChI=1S/C10H19ClO/c1-8-4-9(12-7-11)6-10(2,3)5-8/h8-9H,4-7H2,1-3H3. The Kier molecular flexibility index (Phi) is 3.42. The van der Waals surface area contributed by atoms with Gasteiger partial charge in [0.2, 0.25) is 0 Å². The van der Waals surface area contributed by atoms with Gasteiger partial charge in [0.15, 0.2) is 0 Å². The van der Waals surface area contributed by atoms with E-state index in [-0.39, 0.29) is 0 Å². The molecule has 1 aliphatic carbocycles. The molecule has 0 heterocycles. The molecular formula is C10H19ClO. The van der Waals surface area contributed by atoms with Gasteiger partial charge in [0.1, 0.15) is 6.07 Å². The first-order valence-corrected chi connectivity index (χ1v) is 5.24. The Labute approximate surface area is 80.4 Å². The van der Waals surface area contributed by atoms with Crippen LogP contribution in [0, 0.1) is 11.3 Å². The summed E-state index contributed by atoms with van der Waals surface area (Å²) in [5.74, 6) is 0.780. The first-order valence-electron chi connectivity index (χ1n) is 4.71. The van der Waals surface area contributed by atoms with Gasteiger partial charge in [0, 0.05) is 0 Å². The van der Waals surface area contributed by atoms with Crippen molar-refractivity contribution in [3.05, 3.63) is 0 Å². The molecule has 0 bridgehead atoms. The van der Waals surface area contributed by atoms with Gasteiger partial charge in [-0.25, -0.2) is 0 Å². The Bertz CT molecular complexity index is 145. The molecule has 2 unspecified atom stereocenters. The van der Waals surface area contributed by atoms with E-state index in [1.165, 1.54) is 12.8 Å². The molecule has 2 atom stereocenters. The minimum Gasteiger partial charge on any atom is -0.362 e. The molecule has 2 heteroatoms. The lowest BCUT2D eigenvalue weighted by molar-refractivity contribution is -0.00346. The number of hydrogen-bond acceptors (Lipinski definition) is 1. The second-order valence-electron chi connectivity index (χ2n) is 4.81. The van der Waals surface area contributed by atoms with Crippen molar-refractivity contribution in [2.75, 3.05) is 6.07 Å². The fourth-order valence-electron chi connectivity index (χ4n) is 2.47. The van der Waals surface area contributed by atoms with E-state index in [9.17, 15) is 0 Å². The molecule has 0 radical (unpaired) electrons. The van der Waals surface area contributed by atoms with Crippen molar-refractivity contribution in [1.29, 1.82) is 0 Å². The highest BCUT2D eigenvalue weighted by molar-refractivity contribution is 6.17. The van der Waals surface area contributed by atoms with Gasteiger partial charge in [0.25, 0.3) is 0 Å². The number of ether oxygens (including phenoxy) is 1. The lowest BCUT2D eigenvalue weighted by Gasteiger charge is -2.38. The predicted octanol–water partition coefficient (Wildman–Crippen LogP) is 3.41. The van der Waals surface area contributed by atoms with E-state index in [4.69, 9.17) is 16.3 Å². The summed E-state index contributed by atoms with van der Waals surface area (Å²) in [5, 5.41) is 0. The van der Waals surface area contributed by atoms with Crippen LogP contribution < -0.4 is 0 Å². The molecule has 0 amide bonds. The Morgan fingerprint density at radius 2 is 2.08 bits per heavy atom. The molecule has 0 aromatic heterocycles. The first-order chi connectivity index (χ1) is 5.53. The van der Waals surface area contributed by atoms with Crippen LogP contribution in [0.5, 0.6) is 0 Å². The Balaban J connectivity index is 2.46. The molecule has 0 N–H and O–H groups in total. The van der Waals surface area contributed by atoms with Crippen LogP contribution in [-0.4, -0.2) is 12.2 Å². The summed E-state index contributed by atoms with van der Waals surface area (Å²) in [6, 6.07) is 0.341. The van der Waals surface area contributed by atoms with Crippen molar-refractivity contribution in [2.45, 2.75) is 46.1 Å². The number of alkyl halides is 1. The van der Waals surface area contributed by atoms with Gasteiger partial charge in [-0.15, -0.1) is 0 Å². The summed E-state index contributed by atoms with van der Waals surface area (Å²) >= 11 is 5.55. The zero-order valence-electron chi connectivity index (χ0n) is 8.27. The Hall–Kier alpha value is 0.250. The summed E-state index contributed by atoms with van der Waals surface area (Å²) < 4.78 is 5.45. The van der Waals surface area contributed by atoms with E-state index in [0.717, 1.165) is 12.3 Å². The summed E-state index contributed by atoms with van der Waals surface area (Å²) in [6.45, 7) is 6.92. The van der Waals surface area contributed by atoms with Gasteiger partial charge >= 0.3 is 0 Å². The molecule has 1 rings (SSSR count). The molecule has 0 aliphatic heterocycles. The summed E-state index contributed by atoms with van der Waals surface area (Å²) in [7, 11) is 0. The topological polar surface area (TPSA) is 9.23 Å². The van der Waals surface area contributed by atoms with E-state index in [1.54, 1.807) is 0 Å². The maximum absolute atomic E-state index is 5.55. The zero-order chi connectivity index (χ0) is 9.19. The number of halogens is 1. The highest BCUT2D eigenvalue weighted by Gasteiger charge is 2.32. The number of hydrogen-bond donors (Lipinski definition) is 0. The van der Waals surface area contributed by atoms with E-state index >= 15 is 0 Å². The van der Waals surface area contributed by atoms with Crippen LogP contribution in [0.1, 0.15) is 40.0 Å². The smallest absolute Gasteiger partial charge is 0.121 e. The minimum absolute atomic E-state index is 0.341. The molecule has 1 fully saturated rings. The van der Waals surface area contributed by atoms with Gasteiger partial charge in [-0.2, -0.15) is 0 Å². The molecule has 1 aliphatic rings. The van der Waals surface area contributed by atoms with Crippen LogP contribution in [0.3, 0.4) is 0 Å². The highest BCUT2D eigenvalue weighted by Crippen LogP contribution is 2.39. The molecule has 0 aromatic rings. The lowest BCUT2D eigenvalue weighted by Crippen LogP contribution is -2.32. The SMILES string of the molecule is CC1CC(OCCl)CC(C)(C)C1. The third kappa shape index (κ3) is 2.95. The molecule has 0 saturated heterocycles. The maximum atomic E-state index is 5.55. The third-order valence-corrected chi connectivity index (χ3v) is 2.77. The average molecular weight is 191 g/mol. The fourth-order valence-corrected chi connectivity index (χ4v) is 2.65. The van der Waals surface area contributed by atoms with Crippen LogP contribution in [0.4, 0.5) is 0 Å². The number of rotatable bonds is 2. The van der Waals surface area contributed by atoms with Crippen molar-refractivity contribution in [3.8, 4) is 0 Å². The largest absolute Gasteiger partial charge is 0.362 e. The molecule has 12 heavy (non-hydrogen) atoms. The normalized spacial score (nSPS) is 35.0. The molecule has 0 spiro atoms. The average Bonchev–Trinajstić information content (AvgIpc) is 1.82. The van der Waals surface area contributed by atoms with Crippen LogP contribution in [0.15, 0.2) is 0 Å². The van der Waals surface area contributed by atoms with Gasteiger partial charge in [-0.3, -0.25) is 0 Å². The summed E-state index contributed by atoms with van der Waals surface area (Å²) in [4.78, 5) is 0. The second kappa shape index (κ2) is 3.97. The van der Waals surface area contributed by atoms with Gasteiger partial charge < -0.3 is 4.74 Å². The third-order valence-electron chi connectivity index (χ3n) is 2.65. The lowest BCUT2D eigenvalue weighted by atomic mass is 9.71. The van der Waals surface area contributed by atoms with Crippen LogP contribution in [-0.2, 0) is 4.74 Å². The highest BCUT2D eigenvalue weighted by atomic mass is 35.5. The summed E-state index contributed by atoms with van der Waals surface area (Å²) in [6.07, 6.45) is 4.04. The first kappa shape index (κ1) is 10.3. The Morgan fingerprint density at radius 3 is 2.58 bits per heavy atom. The monoisotopic (exact) mass is 190 g/mol. The van der Waals surface area contributed by atoms with Crippen molar-refractivity contribution in [3.63, 3.8) is 0 Å². The van der Waals surface area contributed by atoms with E-state index in [1.807, 2.05) is 0 Å². The maximum Gasteiger partial charge on any atom is 0.121 e. The molecule has 1 saturated carbocycles. The van der Waals surface area contributed by atoms with Crippen molar-refractivity contribution in [1.82, 2.24) is 0 Å². The molecule has 72 valence electrons. The predicted molar refractivity (Wildman–Crippen MR) is 52.4 cm³/mol. The van der Waals surface area contributed by atoms with E-state index in [0.29, 0.717) is 17.6 Å². The van der Waals surface area contributed by atoms with Crippen LogP contribution in [0.25, 0.3) is 0 Å². The zero-order valence-corrected chi connectivity index (χ0v) is 9.03. The van der Waals surface area contributed by atoms with Crippen molar-refractivity contribution >= 4 is 11.6 Å². The van der Waals surface area contributed by atoms with Crippen LogP contribution >= 0.6 is 11.6 Å². The van der Waals surface area contributed by atoms with Crippen LogP contribution in [0.2, 0.25) is 0 Å². The van der Waals surface area contributed by atoms with Crippen molar-refractivity contribution < 1.29 is 4.74 Å². The molecular weight excluding hydrogens is 172 g/mol. The Morgan fingerprint density at radius 1 is 1.42 bits per heavy atom. The van der Waals surface area contributed by atoms with Gasteiger partial charge in [-0.05, 0) is 30.6 Å². The molecule has 0 aromatic carbocycles. The van der Waals surface area contributed by atoms with E-state index in [2.05, 4.69) is 20.8 Å². The van der Waals surface area contributed by atoms with E-state index < -0.39 is 0 Å². The van der Waals surface area contributed by atoms with Crippen molar-refractivity contribution in [2.24, 2.45) is 11.3 Å². The summed E-state index contributed by atoms with van der Waals surface area (Å²) in [5.41, 5.74) is 0.439. The van der Waals surface area contributed by atoms with Gasteiger partial charge in [-0.1, -0.05) is 32.4 Å².